The predicted molar refractivity (Wildman–Crippen MR) is 96.3 cm³/mol. The number of guanidine groups is 1. The van der Waals surface area contributed by atoms with Gasteiger partial charge in [-0.2, -0.15) is 0 Å². The van der Waals surface area contributed by atoms with Crippen LogP contribution in [0.2, 0.25) is 0 Å². The molecule has 8 heteroatoms. The normalized spacial score (nSPS) is 13.4. The van der Waals surface area contributed by atoms with E-state index in [-0.39, 0.29) is 0 Å². The molecule has 0 saturated carbocycles. The molecule has 0 saturated heterocycles. The zero-order chi connectivity index (χ0) is 17.9. The fraction of sp³-hybridized carbons (Fsp3) is 0.933. The van der Waals surface area contributed by atoms with Gasteiger partial charge in [-0.05, 0) is 33.1 Å². The maximum atomic E-state index is 11.3. The number of nitrogens with zero attached hydrogens (tertiary/aromatic N) is 1. The van der Waals surface area contributed by atoms with E-state index in [2.05, 4.69) is 34.2 Å². The molecule has 23 heavy (non-hydrogen) atoms. The molecule has 0 heterocycles. The SMILES string of the molecule is CCNC(=NCC(C)(C)NS(C)(=O)=O)NCCCOCC(C)C. The van der Waals surface area contributed by atoms with Gasteiger partial charge in [0, 0.05) is 31.8 Å². The molecule has 0 bridgehead atoms. The minimum atomic E-state index is -3.25. The van der Waals surface area contributed by atoms with Crippen LogP contribution in [0.3, 0.4) is 0 Å². The Balaban J connectivity index is 4.27. The summed E-state index contributed by atoms with van der Waals surface area (Å²) in [5, 5.41) is 6.37. The highest BCUT2D eigenvalue weighted by Gasteiger charge is 2.21. The number of aliphatic imine (C=N–C) groups is 1. The minimum Gasteiger partial charge on any atom is -0.381 e. The first kappa shape index (κ1) is 22.1. The molecule has 0 aliphatic rings. The van der Waals surface area contributed by atoms with Crippen molar-refractivity contribution < 1.29 is 13.2 Å². The Morgan fingerprint density at radius 1 is 1.26 bits per heavy atom. The molecule has 138 valence electrons. The summed E-state index contributed by atoms with van der Waals surface area (Å²) in [7, 11) is -3.25. The van der Waals surface area contributed by atoms with Gasteiger partial charge >= 0.3 is 0 Å². The number of hydrogen-bond donors (Lipinski definition) is 3. The lowest BCUT2D eigenvalue weighted by atomic mass is 10.1. The molecular weight excluding hydrogens is 316 g/mol. The average Bonchev–Trinajstić information content (AvgIpc) is 2.36. The van der Waals surface area contributed by atoms with E-state index in [0.29, 0.717) is 25.0 Å². The molecule has 0 aliphatic heterocycles. The van der Waals surface area contributed by atoms with Crippen molar-refractivity contribution in [3.05, 3.63) is 0 Å². The lowest BCUT2D eigenvalue weighted by Gasteiger charge is -2.23. The number of ether oxygens (including phenoxy) is 1. The second-order valence-corrected chi connectivity index (χ2v) is 8.45. The van der Waals surface area contributed by atoms with Crippen LogP contribution in [0.4, 0.5) is 0 Å². The van der Waals surface area contributed by atoms with Gasteiger partial charge in [0.05, 0.1) is 12.8 Å². The van der Waals surface area contributed by atoms with Gasteiger partial charge in [-0.25, -0.2) is 13.1 Å². The van der Waals surface area contributed by atoms with Gasteiger partial charge in [-0.15, -0.1) is 0 Å². The van der Waals surface area contributed by atoms with Gasteiger partial charge in [0.25, 0.3) is 0 Å². The van der Waals surface area contributed by atoms with Gasteiger partial charge in [0.2, 0.25) is 10.0 Å². The maximum absolute atomic E-state index is 11.3. The molecule has 0 rings (SSSR count). The molecule has 0 radical (unpaired) electrons. The Bertz CT molecular complexity index is 448. The summed E-state index contributed by atoms with van der Waals surface area (Å²) in [6.07, 6.45) is 2.04. The van der Waals surface area contributed by atoms with Gasteiger partial charge < -0.3 is 15.4 Å². The van der Waals surface area contributed by atoms with E-state index in [9.17, 15) is 8.42 Å². The second kappa shape index (κ2) is 10.8. The summed E-state index contributed by atoms with van der Waals surface area (Å²) in [6, 6.07) is 0. The first-order valence-corrected chi connectivity index (χ1v) is 10.0. The predicted octanol–water partition coefficient (Wildman–Crippen LogP) is 0.932. The second-order valence-electron chi connectivity index (χ2n) is 6.70. The van der Waals surface area contributed by atoms with Crippen molar-refractivity contribution in [1.29, 1.82) is 0 Å². The van der Waals surface area contributed by atoms with Crippen molar-refractivity contribution in [2.75, 3.05) is 39.1 Å². The fourth-order valence-electron chi connectivity index (χ4n) is 1.85. The quantitative estimate of drug-likeness (QED) is 0.293. The van der Waals surface area contributed by atoms with Crippen LogP contribution in [0.5, 0.6) is 0 Å². The van der Waals surface area contributed by atoms with Crippen molar-refractivity contribution in [3.8, 4) is 0 Å². The molecule has 0 unspecified atom stereocenters. The minimum absolute atomic E-state index is 0.346. The third-order valence-electron chi connectivity index (χ3n) is 2.65. The van der Waals surface area contributed by atoms with E-state index < -0.39 is 15.6 Å². The Morgan fingerprint density at radius 2 is 1.91 bits per heavy atom. The molecule has 0 spiro atoms. The summed E-state index contributed by atoms with van der Waals surface area (Å²) in [5.74, 6) is 1.23. The lowest BCUT2D eigenvalue weighted by molar-refractivity contribution is 0.108. The fourth-order valence-corrected chi connectivity index (χ4v) is 2.92. The maximum Gasteiger partial charge on any atom is 0.209 e. The average molecular weight is 351 g/mol. The Hall–Kier alpha value is -0.860. The lowest BCUT2D eigenvalue weighted by Crippen LogP contribution is -2.46. The summed E-state index contributed by atoms with van der Waals surface area (Å²) >= 11 is 0. The van der Waals surface area contributed by atoms with Crippen LogP contribution in [0.15, 0.2) is 4.99 Å². The molecular formula is C15H34N4O3S. The van der Waals surface area contributed by atoms with Crippen LogP contribution in [0, 0.1) is 5.92 Å². The summed E-state index contributed by atoms with van der Waals surface area (Å²) < 4.78 is 30.8. The van der Waals surface area contributed by atoms with E-state index in [0.717, 1.165) is 32.4 Å². The van der Waals surface area contributed by atoms with Crippen LogP contribution in [0.1, 0.15) is 41.0 Å². The van der Waals surface area contributed by atoms with Crippen LogP contribution < -0.4 is 15.4 Å². The first-order valence-electron chi connectivity index (χ1n) is 8.14. The van der Waals surface area contributed by atoms with Gasteiger partial charge in [-0.3, -0.25) is 4.99 Å². The van der Waals surface area contributed by atoms with Crippen molar-refractivity contribution in [3.63, 3.8) is 0 Å². The molecule has 3 N–H and O–H groups in total. The van der Waals surface area contributed by atoms with E-state index in [1.54, 1.807) is 13.8 Å². The summed E-state index contributed by atoms with van der Waals surface area (Å²) in [5.41, 5.74) is -0.629. The third-order valence-corrected chi connectivity index (χ3v) is 3.57. The third kappa shape index (κ3) is 14.5. The topological polar surface area (TPSA) is 91.8 Å². The van der Waals surface area contributed by atoms with Crippen LogP contribution in [-0.4, -0.2) is 59.0 Å². The molecule has 0 aliphatic carbocycles. The van der Waals surface area contributed by atoms with Gasteiger partial charge in [0.1, 0.15) is 0 Å². The number of rotatable bonds is 11. The highest BCUT2D eigenvalue weighted by Crippen LogP contribution is 2.04. The van der Waals surface area contributed by atoms with Crippen LogP contribution >= 0.6 is 0 Å². The summed E-state index contributed by atoms with van der Waals surface area (Å²) in [4.78, 5) is 4.44. The molecule has 0 amide bonds. The number of nitrogens with one attached hydrogen (secondary N) is 3. The Labute approximate surface area is 141 Å². The van der Waals surface area contributed by atoms with Crippen molar-refractivity contribution >= 4 is 16.0 Å². The molecule has 0 fully saturated rings. The number of sulfonamides is 1. The van der Waals surface area contributed by atoms with Crippen molar-refractivity contribution in [2.24, 2.45) is 10.9 Å². The smallest absolute Gasteiger partial charge is 0.209 e. The van der Waals surface area contributed by atoms with E-state index in [1.807, 2.05) is 6.92 Å². The number of hydrogen-bond acceptors (Lipinski definition) is 4. The van der Waals surface area contributed by atoms with E-state index in [1.165, 1.54) is 0 Å². The van der Waals surface area contributed by atoms with Crippen LogP contribution in [-0.2, 0) is 14.8 Å². The molecule has 0 atom stereocenters. The summed E-state index contributed by atoms with van der Waals surface area (Å²) in [6.45, 7) is 13.2. The van der Waals surface area contributed by atoms with Crippen LogP contribution in [0.25, 0.3) is 0 Å². The molecule has 0 aromatic rings. The first-order chi connectivity index (χ1) is 10.6. The zero-order valence-corrected chi connectivity index (χ0v) is 16.2. The van der Waals surface area contributed by atoms with Crippen molar-refractivity contribution in [1.82, 2.24) is 15.4 Å². The monoisotopic (exact) mass is 350 g/mol. The largest absolute Gasteiger partial charge is 0.381 e. The molecule has 7 nitrogen and oxygen atoms in total. The Morgan fingerprint density at radius 3 is 2.43 bits per heavy atom. The molecule has 0 aromatic heterocycles. The zero-order valence-electron chi connectivity index (χ0n) is 15.4. The highest BCUT2D eigenvalue weighted by molar-refractivity contribution is 7.88. The molecule has 0 aromatic carbocycles. The Kier molecular flexibility index (Phi) is 10.4. The van der Waals surface area contributed by atoms with Gasteiger partial charge in [0.15, 0.2) is 5.96 Å². The highest BCUT2D eigenvalue weighted by atomic mass is 32.2. The van der Waals surface area contributed by atoms with Crippen molar-refractivity contribution in [2.45, 2.75) is 46.6 Å². The standard InChI is InChI=1S/C15H34N4O3S/c1-7-16-14(17-9-8-10-22-11-13(2)3)18-12-15(4,5)19-23(6,20)21/h13,19H,7-12H2,1-6H3,(H2,16,17,18). The van der Waals surface area contributed by atoms with Gasteiger partial charge in [-0.1, -0.05) is 13.8 Å². The van der Waals surface area contributed by atoms with E-state index in [4.69, 9.17) is 4.74 Å². The van der Waals surface area contributed by atoms with E-state index >= 15 is 0 Å².